The third-order valence-electron chi connectivity index (χ3n) is 2.67. The molecule has 100 valence electrons. The number of carbonyl (C=O) groups is 1. The van der Waals surface area contributed by atoms with E-state index in [4.69, 9.17) is 11.6 Å². The van der Waals surface area contributed by atoms with Crippen LogP contribution >= 0.6 is 22.9 Å². The summed E-state index contributed by atoms with van der Waals surface area (Å²) in [4.78, 5) is 17.1. The Morgan fingerprint density at radius 1 is 1.53 bits per heavy atom. The van der Waals surface area contributed by atoms with E-state index in [1.54, 1.807) is 16.8 Å². The summed E-state index contributed by atoms with van der Waals surface area (Å²) in [6.45, 7) is 2.34. The largest absolute Gasteiger partial charge is 0.352 e. The van der Waals surface area contributed by atoms with Crippen LogP contribution in [0.1, 0.15) is 20.9 Å². The molecule has 3 nitrogen and oxygen atoms in total. The summed E-state index contributed by atoms with van der Waals surface area (Å²) < 4.78 is 13.5. The fourth-order valence-corrected chi connectivity index (χ4v) is 2.69. The van der Waals surface area contributed by atoms with Crippen LogP contribution in [-0.2, 0) is 6.42 Å². The summed E-state index contributed by atoms with van der Waals surface area (Å²) in [5.41, 5.74) is 2.62. The van der Waals surface area contributed by atoms with Crippen LogP contribution in [0.5, 0.6) is 0 Å². The Labute approximate surface area is 119 Å². The van der Waals surface area contributed by atoms with E-state index in [1.165, 1.54) is 18.2 Å². The number of nitrogens with one attached hydrogen (secondary N) is 1. The maximum absolute atomic E-state index is 13.5. The monoisotopic (exact) mass is 298 g/mol. The first-order valence-corrected chi connectivity index (χ1v) is 6.96. The number of rotatable bonds is 4. The molecule has 0 bridgehead atoms. The molecular formula is C13H12ClFN2OS. The van der Waals surface area contributed by atoms with E-state index in [-0.39, 0.29) is 10.6 Å². The van der Waals surface area contributed by atoms with Crippen molar-refractivity contribution in [3.63, 3.8) is 0 Å². The van der Waals surface area contributed by atoms with Gasteiger partial charge in [0, 0.05) is 17.8 Å². The van der Waals surface area contributed by atoms with Gasteiger partial charge in [-0.2, -0.15) is 0 Å². The van der Waals surface area contributed by atoms with Crippen molar-refractivity contribution in [2.45, 2.75) is 13.3 Å². The lowest BCUT2D eigenvalue weighted by Crippen LogP contribution is -2.26. The fourth-order valence-electron chi connectivity index (χ4n) is 1.66. The van der Waals surface area contributed by atoms with Crippen LogP contribution in [0.3, 0.4) is 0 Å². The van der Waals surface area contributed by atoms with E-state index in [0.29, 0.717) is 13.0 Å². The summed E-state index contributed by atoms with van der Waals surface area (Å²) in [6.07, 6.45) is 0.675. The Kier molecular flexibility index (Phi) is 4.50. The Morgan fingerprint density at radius 3 is 2.95 bits per heavy atom. The molecule has 0 aliphatic rings. The van der Waals surface area contributed by atoms with E-state index < -0.39 is 11.7 Å². The van der Waals surface area contributed by atoms with Crippen LogP contribution < -0.4 is 5.32 Å². The minimum Gasteiger partial charge on any atom is -0.352 e. The molecule has 2 rings (SSSR count). The number of thiazole rings is 1. The molecule has 1 aromatic heterocycles. The molecule has 0 aliphatic carbocycles. The molecule has 0 radical (unpaired) electrons. The van der Waals surface area contributed by atoms with Crippen LogP contribution in [0.2, 0.25) is 5.02 Å². The van der Waals surface area contributed by atoms with Gasteiger partial charge in [0.15, 0.2) is 0 Å². The smallest absolute Gasteiger partial charge is 0.255 e. The van der Waals surface area contributed by atoms with Crippen LogP contribution in [0, 0.1) is 12.7 Å². The van der Waals surface area contributed by atoms with Gasteiger partial charge >= 0.3 is 0 Å². The predicted molar refractivity (Wildman–Crippen MR) is 74.3 cm³/mol. The van der Waals surface area contributed by atoms with E-state index in [0.717, 1.165) is 10.6 Å². The average Bonchev–Trinajstić information content (AvgIpc) is 2.75. The number of hydrogen-bond donors (Lipinski definition) is 1. The summed E-state index contributed by atoms with van der Waals surface area (Å²) in [5, 5.41) is 2.78. The van der Waals surface area contributed by atoms with Crippen molar-refractivity contribution in [1.82, 2.24) is 10.3 Å². The van der Waals surface area contributed by atoms with Crippen molar-refractivity contribution >= 4 is 28.8 Å². The van der Waals surface area contributed by atoms with Gasteiger partial charge in [-0.25, -0.2) is 9.37 Å². The third kappa shape index (κ3) is 3.30. The first-order valence-electron chi connectivity index (χ1n) is 5.70. The molecule has 1 heterocycles. The molecule has 0 saturated carbocycles. The van der Waals surface area contributed by atoms with Crippen LogP contribution in [0.4, 0.5) is 4.39 Å². The predicted octanol–water partition coefficient (Wildman–Crippen LogP) is 3.22. The highest BCUT2D eigenvalue weighted by atomic mass is 35.5. The summed E-state index contributed by atoms with van der Waals surface area (Å²) in [7, 11) is 0. The van der Waals surface area contributed by atoms with Gasteiger partial charge in [0.05, 0.1) is 21.8 Å². The molecule has 0 aliphatic heterocycles. The molecule has 19 heavy (non-hydrogen) atoms. The van der Waals surface area contributed by atoms with Crippen LogP contribution in [0.15, 0.2) is 23.7 Å². The second-order valence-corrected chi connectivity index (χ2v) is 5.31. The number of halogens is 2. The number of benzene rings is 1. The number of aryl methyl sites for hydroxylation is 1. The molecule has 0 unspecified atom stereocenters. The van der Waals surface area contributed by atoms with Crippen molar-refractivity contribution in [2.24, 2.45) is 0 Å². The van der Waals surface area contributed by atoms with Crippen LogP contribution in [0.25, 0.3) is 0 Å². The molecule has 1 amide bonds. The summed E-state index contributed by atoms with van der Waals surface area (Å²) in [5.74, 6) is -1.11. The summed E-state index contributed by atoms with van der Waals surface area (Å²) in [6, 6.07) is 4.18. The third-order valence-corrected chi connectivity index (χ3v) is 3.98. The molecular weight excluding hydrogens is 287 g/mol. The lowest BCUT2D eigenvalue weighted by molar-refractivity contribution is 0.0950. The second-order valence-electron chi connectivity index (χ2n) is 3.96. The van der Waals surface area contributed by atoms with Crippen molar-refractivity contribution in [3.05, 3.63) is 50.7 Å². The number of nitrogens with zero attached hydrogens (tertiary/aromatic N) is 1. The Hall–Kier alpha value is -1.46. The zero-order valence-corrected chi connectivity index (χ0v) is 11.8. The van der Waals surface area contributed by atoms with E-state index >= 15 is 0 Å². The first-order chi connectivity index (χ1) is 9.09. The molecule has 1 aromatic carbocycles. The van der Waals surface area contributed by atoms with Gasteiger partial charge in [0.2, 0.25) is 0 Å². The van der Waals surface area contributed by atoms with Gasteiger partial charge in [-0.3, -0.25) is 4.79 Å². The van der Waals surface area contributed by atoms with Crippen molar-refractivity contribution in [2.75, 3.05) is 6.54 Å². The van der Waals surface area contributed by atoms with Crippen molar-refractivity contribution < 1.29 is 9.18 Å². The van der Waals surface area contributed by atoms with Gasteiger partial charge in [0.25, 0.3) is 5.91 Å². The second kappa shape index (κ2) is 6.12. The molecule has 2 aromatic rings. The standard InChI is InChI=1S/C13H12ClFN2OS/c1-8-11(19-7-17-8)5-6-16-13(18)12-9(14)3-2-4-10(12)15/h2-4,7H,5-6H2,1H3,(H,16,18). The van der Waals surface area contributed by atoms with E-state index in [1.807, 2.05) is 6.92 Å². The quantitative estimate of drug-likeness (QED) is 0.942. The highest BCUT2D eigenvalue weighted by molar-refractivity contribution is 7.09. The zero-order chi connectivity index (χ0) is 13.8. The Balaban J connectivity index is 1.97. The van der Waals surface area contributed by atoms with Gasteiger partial charge in [-0.15, -0.1) is 11.3 Å². The Morgan fingerprint density at radius 2 is 2.32 bits per heavy atom. The lowest BCUT2D eigenvalue weighted by Gasteiger charge is -2.07. The minimum absolute atomic E-state index is 0.106. The minimum atomic E-state index is -0.612. The van der Waals surface area contributed by atoms with Crippen molar-refractivity contribution in [1.29, 1.82) is 0 Å². The molecule has 6 heteroatoms. The Bertz CT molecular complexity index is 580. The zero-order valence-electron chi connectivity index (χ0n) is 10.2. The molecule has 0 saturated heterocycles. The van der Waals surface area contributed by atoms with Crippen molar-refractivity contribution in [3.8, 4) is 0 Å². The number of carbonyl (C=O) groups excluding carboxylic acids is 1. The molecule has 1 N–H and O–H groups in total. The maximum atomic E-state index is 13.5. The highest BCUT2D eigenvalue weighted by Gasteiger charge is 2.15. The molecule has 0 fully saturated rings. The topological polar surface area (TPSA) is 42.0 Å². The van der Waals surface area contributed by atoms with E-state index in [9.17, 15) is 9.18 Å². The number of hydrogen-bond acceptors (Lipinski definition) is 3. The number of amides is 1. The summed E-state index contributed by atoms with van der Waals surface area (Å²) >= 11 is 7.36. The van der Waals surface area contributed by atoms with Gasteiger partial charge in [0.1, 0.15) is 5.82 Å². The maximum Gasteiger partial charge on any atom is 0.255 e. The first kappa shape index (κ1) is 14.0. The van der Waals surface area contributed by atoms with Gasteiger partial charge in [-0.1, -0.05) is 17.7 Å². The van der Waals surface area contributed by atoms with E-state index in [2.05, 4.69) is 10.3 Å². The molecule has 0 spiro atoms. The van der Waals surface area contributed by atoms with Gasteiger partial charge in [-0.05, 0) is 19.1 Å². The SMILES string of the molecule is Cc1ncsc1CCNC(=O)c1c(F)cccc1Cl. The van der Waals surface area contributed by atoms with Gasteiger partial charge < -0.3 is 5.32 Å². The number of aromatic nitrogens is 1. The normalized spacial score (nSPS) is 10.5. The fraction of sp³-hybridized carbons (Fsp3) is 0.231. The van der Waals surface area contributed by atoms with Crippen LogP contribution in [-0.4, -0.2) is 17.4 Å². The highest BCUT2D eigenvalue weighted by Crippen LogP contribution is 2.18. The molecule has 0 atom stereocenters. The average molecular weight is 299 g/mol. The lowest BCUT2D eigenvalue weighted by atomic mass is 10.2.